The lowest BCUT2D eigenvalue weighted by molar-refractivity contribution is -0.167. The van der Waals surface area contributed by atoms with E-state index in [1.165, 1.54) is 12.1 Å². The summed E-state index contributed by atoms with van der Waals surface area (Å²) < 4.78 is 36.9. The van der Waals surface area contributed by atoms with Gasteiger partial charge in [0.25, 0.3) is 0 Å². The summed E-state index contributed by atoms with van der Waals surface area (Å²) in [5, 5.41) is 5.24. The van der Waals surface area contributed by atoms with E-state index < -0.39 is 12.1 Å². The van der Waals surface area contributed by atoms with E-state index in [4.69, 9.17) is 0 Å². The van der Waals surface area contributed by atoms with Crippen LogP contribution < -0.4 is 10.6 Å². The van der Waals surface area contributed by atoms with Gasteiger partial charge in [-0.1, -0.05) is 49.4 Å². The fourth-order valence-electron chi connectivity index (χ4n) is 2.39. The number of carbonyl (C=O) groups is 1. The van der Waals surface area contributed by atoms with Crippen molar-refractivity contribution in [2.45, 2.75) is 32.1 Å². The second-order valence-corrected chi connectivity index (χ2v) is 5.40. The Bertz CT molecular complexity index is 671. The molecule has 0 radical (unpaired) electrons. The maximum atomic E-state index is 12.3. The molecule has 0 saturated carbocycles. The Morgan fingerprint density at radius 2 is 1.79 bits per heavy atom. The molecule has 0 heterocycles. The predicted octanol–water partition coefficient (Wildman–Crippen LogP) is 4.43. The molecule has 1 unspecified atom stereocenters. The smallest absolute Gasteiger partial charge is 0.318 e. The highest BCUT2D eigenvalue weighted by Gasteiger charge is 2.38. The van der Waals surface area contributed by atoms with Gasteiger partial charge in [0.1, 0.15) is 0 Å². The molecule has 0 aliphatic rings. The van der Waals surface area contributed by atoms with Crippen LogP contribution in [0.4, 0.5) is 18.9 Å². The first-order chi connectivity index (χ1) is 11.4. The summed E-state index contributed by atoms with van der Waals surface area (Å²) in [4.78, 5) is 11.0. The van der Waals surface area contributed by atoms with Gasteiger partial charge >= 0.3 is 12.1 Å². The van der Waals surface area contributed by atoms with Crippen molar-refractivity contribution in [3.8, 4) is 0 Å². The summed E-state index contributed by atoms with van der Waals surface area (Å²) in [6.07, 6.45) is -4.01. The van der Waals surface area contributed by atoms with E-state index in [9.17, 15) is 18.0 Å². The first-order valence-corrected chi connectivity index (χ1v) is 7.65. The summed E-state index contributed by atoms with van der Waals surface area (Å²) in [5.41, 5.74) is 2.08. The zero-order valence-electron chi connectivity index (χ0n) is 13.2. The third-order valence-electron chi connectivity index (χ3n) is 3.61. The van der Waals surface area contributed by atoms with Crippen LogP contribution in [0.2, 0.25) is 0 Å². The van der Waals surface area contributed by atoms with Gasteiger partial charge < -0.3 is 10.6 Å². The van der Waals surface area contributed by atoms with Crippen LogP contribution in [0.25, 0.3) is 0 Å². The van der Waals surface area contributed by atoms with E-state index >= 15 is 0 Å². The van der Waals surface area contributed by atoms with Gasteiger partial charge in [-0.25, -0.2) is 0 Å². The summed E-state index contributed by atoms with van der Waals surface area (Å²) in [5.74, 6) is -1.97. The van der Waals surface area contributed by atoms with Crippen molar-refractivity contribution in [3.05, 3.63) is 65.7 Å². The van der Waals surface area contributed by atoms with Gasteiger partial charge in [0.15, 0.2) is 0 Å². The van der Waals surface area contributed by atoms with Gasteiger partial charge in [-0.3, -0.25) is 4.79 Å². The van der Waals surface area contributed by atoms with Gasteiger partial charge in [0.05, 0.1) is 0 Å². The first-order valence-electron chi connectivity index (χ1n) is 7.65. The second-order valence-electron chi connectivity index (χ2n) is 5.40. The lowest BCUT2D eigenvalue weighted by atomic mass is 10.0. The Balaban J connectivity index is 2.00. The van der Waals surface area contributed by atoms with Crippen LogP contribution in [-0.4, -0.2) is 12.1 Å². The standard InChI is InChI=1S/C18H19F3N2O/c1-2-16(14-8-4-3-5-9-14)22-12-13-7-6-10-15(11-13)23-17(24)18(19,20)21/h3-11,16,22H,2,12H2,1H3,(H,23,24). The molecule has 128 valence electrons. The van der Waals surface area contributed by atoms with E-state index in [2.05, 4.69) is 12.2 Å². The highest BCUT2D eigenvalue weighted by molar-refractivity contribution is 5.94. The third kappa shape index (κ3) is 5.09. The molecule has 2 aromatic rings. The number of nitrogens with one attached hydrogen (secondary N) is 2. The average molecular weight is 336 g/mol. The van der Waals surface area contributed by atoms with Gasteiger partial charge in [-0.05, 0) is 29.7 Å². The van der Waals surface area contributed by atoms with Crippen molar-refractivity contribution in [3.63, 3.8) is 0 Å². The van der Waals surface area contributed by atoms with Crippen molar-refractivity contribution in [1.29, 1.82) is 0 Å². The van der Waals surface area contributed by atoms with Crippen molar-refractivity contribution in [2.75, 3.05) is 5.32 Å². The molecule has 2 N–H and O–H groups in total. The topological polar surface area (TPSA) is 41.1 Å². The molecule has 0 spiro atoms. The monoisotopic (exact) mass is 336 g/mol. The highest BCUT2D eigenvalue weighted by Crippen LogP contribution is 2.20. The van der Waals surface area contributed by atoms with Gasteiger partial charge in [-0.2, -0.15) is 13.2 Å². The predicted molar refractivity (Wildman–Crippen MR) is 87.4 cm³/mol. The average Bonchev–Trinajstić information content (AvgIpc) is 2.56. The SMILES string of the molecule is CCC(NCc1cccc(NC(=O)C(F)(F)F)c1)c1ccccc1. The van der Waals surface area contributed by atoms with Crippen LogP contribution >= 0.6 is 0 Å². The van der Waals surface area contributed by atoms with Crippen molar-refractivity contribution in [1.82, 2.24) is 5.32 Å². The minimum atomic E-state index is -4.89. The number of amides is 1. The van der Waals surface area contributed by atoms with Crippen LogP contribution in [0.5, 0.6) is 0 Å². The number of hydrogen-bond donors (Lipinski definition) is 2. The Morgan fingerprint density at radius 3 is 2.42 bits per heavy atom. The van der Waals surface area contributed by atoms with Crippen molar-refractivity contribution < 1.29 is 18.0 Å². The van der Waals surface area contributed by atoms with Crippen LogP contribution in [0, 0.1) is 0 Å². The molecule has 0 bridgehead atoms. The largest absolute Gasteiger partial charge is 0.471 e. The van der Waals surface area contributed by atoms with E-state index in [1.807, 2.05) is 35.6 Å². The number of anilines is 1. The molecule has 0 aromatic heterocycles. The van der Waals surface area contributed by atoms with E-state index in [-0.39, 0.29) is 11.7 Å². The molecule has 0 aliphatic carbocycles. The first kappa shape index (κ1) is 18.0. The van der Waals surface area contributed by atoms with Crippen LogP contribution in [0.3, 0.4) is 0 Å². The third-order valence-corrected chi connectivity index (χ3v) is 3.61. The molecule has 1 atom stereocenters. The van der Waals surface area contributed by atoms with E-state index in [1.54, 1.807) is 12.1 Å². The summed E-state index contributed by atoms with van der Waals surface area (Å²) >= 11 is 0. The quantitative estimate of drug-likeness (QED) is 0.819. The Morgan fingerprint density at radius 1 is 1.08 bits per heavy atom. The molecule has 24 heavy (non-hydrogen) atoms. The lowest BCUT2D eigenvalue weighted by Gasteiger charge is -2.18. The number of rotatable bonds is 6. The molecular weight excluding hydrogens is 317 g/mol. The summed E-state index contributed by atoms with van der Waals surface area (Å²) in [6.45, 7) is 2.55. The maximum absolute atomic E-state index is 12.3. The molecular formula is C18H19F3N2O. The van der Waals surface area contributed by atoms with E-state index in [0.29, 0.717) is 6.54 Å². The number of hydrogen-bond acceptors (Lipinski definition) is 2. The Labute approximate surface area is 138 Å². The molecule has 6 heteroatoms. The molecule has 0 aliphatic heterocycles. The molecule has 1 amide bonds. The Hall–Kier alpha value is -2.34. The molecule has 0 fully saturated rings. The van der Waals surface area contributed by atoms with Gasteiger partial charge in [-0.15, -0.1) is 0 Å². The maximum Gasteiger partial charge on any atom is 0.471 e. The molecule has 0 saturated heterocycles. The summed E-state index contributed by atoms with van der Waals surface area (Å²) in [7, 11) is 0. The van der Waals surface area contributed by atoms with Crippen molar-refractivity contribution >= 4 is 11.6 Å². The van der Waals surface area contributed by atoms with E-state index in [0.717, 1.165) is 17.5 Å². The highest BCUT2D eigenvalue weighted by atomic mass is 19.4. The lowest BCUT2D eigenvalue weighted by Crippen LogP contribution is -2.30. The van der Waals surface area contributed by atoms with Gasteiger partial charge in [0.2, 0.25) is 0 Å². The molecule has 3 nitrogen and oxygen atoms in total. The zero-order valence-corrected chi connectivity index (χ0v) is 13.2. The van der Waals surface area contributed by atoms with Crippen molar-refractivity contribution in [2.24, 2.45) is 0 Å². The minimum Gasteiger partial charge on any atom is -0.318 e. The van der Waals surface area contributed by atoms with Crippen LogP contribution in [0.15, 0.2) is 54.6 Å². The number of halogens is 3. The van der Waals surface area contributed by atoms with Crippen LogP contribution in [-0.2, 0) is 11.3 Å². The second kappa shape index (κ2) is 7.97. The normalized spacial score (nSPS) is 12.7. The molecule has 2 aromatic carbocycles. The fourth-order valence-corrected chi connectivity index (χ4v) is 2.39. The number of benzene rings is 2. The number of alkyl halides is 3. The van der Waals surface area contributed by atoms with Crippen LogP contribution in [0.1, 0.15) is 30.5 Å². The minimum absolute atomic E-state index is 0.129. The zero-order chi connectivity index (χ0) is 17.6. The Kier molecular flexibility index (Phi) is 5.98. The van der Waals surface area contributed by atoms with Gasteiger partial charge in [0, 0.05) is 18.3 Å². The summed E-state index contributed by atoms with van der Waals surface area (Å²) in [6, 6.07) is 16.5. The number of carbonyl (C=O) groups excluding carboxylic acids is 1. The fraction of sp³-hybridized carbons (Fsp3) is 0.278. The molecule has 2 rings (SSSR count).